The van der Waals surface area contributed by atoms with E-state index in [1.54, 1.807) is 10.6 Å². The molecule has 0 spiro atoms. The molecule has 2 aromatic rings. The van der Waals surface area contributed by atoms with Crippen LogP contribution >= 0.6 is 0 Å². The van der Waals surface area contributed by atoms with E-state index in [1.165, 1.54) is 0 Å². The van der Waals surface area contributed by atoms with E-state index < -0.39 is 5.97 Å². The van der Waals surface area contributed by atoms with Gasteiger partial charge in [-0.3, -0.25) is 4.79 Å². The highest BCUT2D eigenvalue weighted by molar-refractivity contribution is 5.66. The largest absolute Gasteiger partial charge is 0.481 e. The topological polar surface area (TPSA) is 83.6 Å². The molecule has 0 aliphatic rings. The molecule has 0 amide bonds. The van der Waals surface area contributed by atoms with Gasteiger partial charge in [-0.25, -0.2) is 0 Å². The molecule has 0 aliphatic carbocycles. The van der Waals surface area contributed by atoms with Gasteiger partial charge < -0.3 is 10.0 Å². The van der Waals surface area contributed by atoms with E-state index in [0.29, 0.717) is 17.9 Å². The predicted octanol–water partition coefficient (Wildman–Crippen LogP) is 0.207. The normalized spacial score (nSPS) is 10.7. The Kier molecular flexibility index (Phi) is 2.90. The molecule has 0 unspecified atom stereocenters. The second-order valence-corrected chi connectivity index (χ2v) is 3.87. The molecule has 0 atom stereocenters. The lowest BCUT2D eigenvalue weighted by atomic mass is 10.3. The van der Waals surface area contributed by atoms with Crippen molar-refractivity contribution in [3.8, 4) is 0 Å². The van der Waals surface area contributed by atoms with E-state index in [2.05, 4.69) is 15.3 Å². The monoisotopic (exact) mass is 235 g/mol. The third-order valence-electron chi connectivity index (χ3n) is 2.33. The fourth-order valence-electron chi connectivity index (χ4n) is 1.44. The Balaban J connectivity index is 2.36. The minimum Gasteiger partial charge on any atom is -0.481 e. The minimum atomic E-state index is -0.856. The maximum Gasteiger partial charge on any atom is 0.303 e. The number of nitrogens with zero attached hydrogens (tertiary/aromatic N) is 5. The third-order valence-corrected chi connectivity index (χ3v) is 2.33. The Morgan fingerprint density at radius 1 is 1.41 bits per heavy atom. The molecule has 17 heavy (non-hydrogen) atoms. The number of fused-ring (bicyclic) bond motifs is 1. The summed E-state index contributed by atoms with van der Waals surface area (Å²) in [6.45, 7) is 0. The van der Waals surface area contributed by atoms with Crippen molar-refractivity contribution < 1.29 is 9.90 Å². The van der Waals surface area contributed by atoms with Gasteiger partial charge in [-0.05, 0) is 12.1 Å². The second kappa shape index (κ2) is 4.36. The molecule has 0 saturated heterocycles. The summed E-state index contributed by atoms with van der Waals surface area (Å²) >= 11 is 0. The number of hydrogen-bond donors (Lipinski definition) is 1. The summed E-state index contributed by atoms with van der Waals surface area (Å²) in [6, 6.07) is 3.64. The zero-order valence-corrected chi connectivity index (χ0v) is 9.66. The van der Waals surface area contributed by atoms with Crippen LogP contribution in [0.4, 0.5) is 5.82 Å². The first-order valence-electron chi connectivity index (χ1n) is 5.18. The van der Waals surface area contributed by atoms with Crippen molar-refractivity contribution in [3.63, 3.8) is 0 Å². The van der Waals surface area contributed by atoms with E-state index in [0.717, 1.165) is 5.82 Å². The second-order valence-electron chi connectivity index (χ2n) is 3.87. The fourth-order valence-corrected chi connectivity index (χ4v) is 1.44. The van der Waals surface area contributed by atoms with Crippen molar-refractivity contribution in [1.82, 2.24) is 19.8 Å². The summed E-state index contributed by atoms with van der Waals surface area (Å²) in [5.41, 5.74) is 0.621. The Hall–Kier alpha value is -2.18. The zero-order valence-electron chi connectivity index (χ0n) is 9.66. The molecule has 7 nitrogen and oxygen atoms in total. The Bertz CT molecular complexity index is 549. The van der Waals surface area contributed by atoms with Crippen LogP contribution < -0.4 is 4.90 Å². The predicted molar refractivity (Wildman–Crippen MR) is 61.1 cm³/mol. The lowest BCUT2D eigenvalue weighted by Crippen LogP contribution is -2.13. The molecule has 2 heterocycles. The minimum absolute atomic E-state index is 0.0225. The summed E-state index contributed by atoms with van der Waals surface area (Å²) in [7, 11) is 3.77. The van der Waals surface area contributed by atoms with Gasteiger partial charge in [-0.1, -0.05) is 0 Å². The third kappa shape index (κ3) is 2.32. The average Bonchev–Trinajstić information content (AvgIpc) is 2.68. The van der Waals surface area contributed by atoms with Crippen LogP contribution in [-0.2, 0) is 11.2 Å². The summed E-state index contributed by atoms with van der Waals surface area (Å²) in [4.78, 5) is 12.4. The number of hydrogen-bond acceptors (Lipinski definition) is 5. The molecule has 1 N–H and O–H groups in total. The Labute approximate surface area is 97.7 Å². The molecule has 0 bridgehead atoms. The number of carbonyl (C=O) groups is 1. The van der Waals surface area contributed by atoms with Gasteiger partial charge in [-0.15, -0.1) is 15.3 Å². The van der Waals surface area contributed by atoms with E-state index in [-0.39, 0.29) is 6.42 Å². The van der Waals surface area contributed by atoms with E-state index in [9.17, 15) is 4.79 Å². The SMILES string of the molecule is CN(C)c1ccc2nnc(CCC(=O)O)n2n1. The van der Waals surface area contributed by atoms with Crippen LogP contribution in [0.3, 0.4) is 0 Å². The first-order valence-corrected chi connectivity index (χ1v) is 5.18. The standard InChI is InChI=1S/C10H13N5O2/c1-14(2)9-4-3-7-11-12-8(15(7)13-9)5-6-10(16)17/h3-4H,5-6H2,1-2H3,(H,16,17). The molecule has 2 aromatic heterocycles. The maximum absolute atomic E-state index is 10.5. The average molecular weight is 235 g/mol. The summed E-state index contributed by atoms with van der Waals surface area (Å²) in [5, 5.41) is 20.9. The summed E-state index contributed by atoms with van der Waals surface area (Å²) in [5.74, 6) is 0.477. The van der Waals surface area contributed by atoms with Crippen molar-refractivity contribution in [2.75, 3.05) is 19.0 Å². The van der Waals surface area contributed by atoms with Crippen molar-refractivity contribution in [2.45, 2.75) is 12.8 Å². The van der Waals surface area contributed by atoms with Gasteiger partial charge in [0.25, 0.3) is 0 Å². The number of aliphatic carboxylic acids is 1. The quantitative estimate of drug-likeness (QED) is 0.815. The number of anilines is 1. The molecule has 2 rings (SSSR count). The van der Waals surface area contributed by atoms with Crippen LogP contribution in [-0.4, -0.2) is 45.0 Å². The van der Waals surface area contributed by atoms with Crippen LogP contribution in [0, 0.1) is 0 Å². The van der Waals surface area contributed by atoms with Gasteiger partial charge in [0.05, 0.1) is 6.42 Å². The molecule has 0 fully saturated rings. The number of carboxylic acids is 1. The highest BCUT2D eigenvalue weighted by Gasteiger charge is 2.09. The number of carboxylic acid groups (broad SMARTS) is 1. The van der Waals surface area contributed by atoms with Crippen LogP contribution in [0.15, 0.2) is 12.1 Å². The van der Waals surface area contributed by atoms with Crippen LogP contribution in [0.2, 0.25) is 0 Å². The molecular weight excluding hydrogens is 222 g/mol. The van der Waals surface area contributed by atoms with Gasteiger partial charge in [0.2, 0.25) is 0 Å². The van der Waals surface area contributed by atoms with Gasteiger partial charge >= 0.3 is 5.97 Å². The van der Waals surface area contributed by atoms with E-state index in [1.807, 2.05) is 25.1 Å². The van der Waals surface area contributed by atoms with Crippen LogP contribution in [0.5, 0.6) is 0 Å². The molecule has 7 heteroatoms. The zero-order chi connectivity index (χ0) is 12.4. The van der Waals surface area contributed by atoms with Gasteiger partial charge in [0, 0.05) is 20.5 Å². The summed E-state index contributed by atoms with van der Waals surface area (Å²) in [6.07, 6.45) is 0.342. The Morgan fingerprint density at radius 2 is 2.18 bits per heavy atom. The highest BCUT2D eigenvalue weighted by Crippen LogP contribution is 2.10. The number of rotatable bonds is 4. The molecular formula is C10H13N5O2. The number of aromatic nitrogens is 4. The lowest BCUT2D eigenvalue weighted by Gasteiger charge is -2.10. The molecule has 0 aliphatic heterocycles. The smallest absolute Gasteiger partial charge is 0.303 e. The van der Waals surface area contributed by atoms with E-state index in [4.69, 9.17) is 5.11 Å². The highest BCUT2D eigenvalue weighted by atomic mass is 16.4. The lowest BCUT2D eigenvalue weighted by molar-refractivity contribution is -0.137. The van der Waals surface area contributed by atoms with Crippen molar-refractivity contribution >= 4 is 17.4 Å². The van der Waals surface area contributed by atoms with Gasteiger partial charge in [-0.2, -0.15) is 4.52 Å². The number of aryl methyl sites for hydroxylation is 1. The van der Waals surface area contributed by atoms with E-state index >= 15 is 0 Å². The molecule has 0 saturated carbocycles. The van der Waals surface area contributed by atoms with Crippen molar-refractivity contribution in [2.24, 2.45) is 0 Å². The first-order chi connectivity index (χ1) is 8.08. The maximum atomic E-state index is 10.5. The molecule has 90 valence electrons. The van der Waals surface area contributed by atoms with Crippen LogP contribution in [0.1, 0.15) is 12.2 Å². The van der Waals surface area contributed by atoms with Crippen LogP contribution in [0.25, 0.3) is 5.65 Å². The first kappa shape index (κ1) is 11.3. The summed E-state index contributed by atoms with van der Waals surface area (Å²) < 4.78 is 1.58. The fraction of sp³-hybridized carbons (Fsp3) is 0.400. The van der Waals surface area contributed by atoms with Gasteiger partial charge in [0.15, 0.2) is 11.5 Å². The molecule has 0 aromatic carbocycles. The van der Waals surface area contributed by atoms with Gasteiger partial charge in [0.1, 0.15) is 5.82 Å². The Morgan fingerprint density at radius 3 is 2.82 bits per heavy atom. The molecule has 0 radical (unpaired) electrons. The van der Waals surface area contributed by atoms with Crippen molar-refractivity contribution in [1.29, 1.82) is 0 Å². The van der Waals surface area contributed by atoms with Crippen molar-refractivity contribution in [3.05, 3.63) is 18.0 Å².